The smallest absolute Gasteiger partial charge is 0.253 e. The molecule has 0 atom stereocenters. The summed E-state index contributed by atoms with van der Waals surface area (Å²) in [5, 5.41) is 3.91. The zero-order valence-corrected chi connectivity index (χ0v) is 22.2. The van der Waals surface area contributed by atoms with E-state index in [1.807, 2.05) is 4.90 Å². The van der Waals surface area contributed by atoms with Crippen molar-refractivity contribution in [3.8, 4) is 5.75 Å². The van der Waals surface area contributed by atoms with Gasteiger partial charge in [-0.05, 0) is 80.8 Å². The molecule has 2 saturated heterocycles. The van der Waals surface area contributed by atoms with Crippen LogP contribution in [0.4, 0.5) is 4.39 Å². The Hall–Kier alpha value is -2.35. The maximum atomic E-state index is 14.5. The fourth-order valence-corrected chi connectivity index (χ4v) is 5.47. The van der Waals surface area contributed by atoms with Crippen LogP contribution in [0.3, 0.4) is 0 Å². The molecule has 2 heterocycles. The molecule has 198 valence electrons. The van der Waals surface area contributed by atoms with Crippen molar-refractivity contribution in [2.45, 2.75) is 50.6 Å². The van der Waals surface area contributed by atoms with E-state index in [1.54, 1.807) is 30.3 Å². The van der Waals surface area contributed by atoms with Gasteiger partial charge in [-0.1, -0.05) is 23.2 Å². The van der Waals surface area contributed by atoms with Gasteiger partial charge in [0.25, 0.3) is 11.8 Å². The molecule has 2 aromatic rings. The van der Waals surface area contributed by atoms with E-state index < -0.39 is 5.82 Å². The normalized spacial score (nSPS) is 19.6. The number of amides is 2. The Morgan fingerprint density at radius 3 is 2.24 bits per heavy atom. The van der Waals surface area contributed by atoms with Crippen LogP contribution in [0.2, 0.25) is 10.0 Å². The van der Waals surface area contributed by atoms with Crippen molar-refractivity contribution in [1.29, 1.82) is 0 Å². The van der Waals surface area contributed by atoms with E-state index in [0.717, 1.165) is 51.6 Å². The number of carbonyl (C=O) groups excluding carboxylic acids is 2. The summed E-state index contributed by atoms with van der Waals surface area (Å²) in [5.41, 5.74) is 0.877. The maximum Gasteiger partial charge on any atom is 0.253 e. The van der Waals surface area contributed by atoms with Gasteiger partial charge in [-0.25, -0.2) is 4.39 Å². The molecular weight excluding hydrogens is 516 g/mol. The zero-order chi connectivity index (χ0) is 25.9. The van der Waals surface area contributed by atoms with Crippen molar-refractivity contribution in [1.82, 2.24) is 15.1 Å². The molecule has 37 heavy (non-hydrogen) atoms. The molecule has 0 aromatic heterocycles. The third kappa shape index (κ3) is 6.57. The average molecular weight is 548 g/mol. The van der Waals surface area contributed by atoms with E-state index in [9.17, 15) is 14.0 Å². The van der Waals surface area contributed by atoms with E-state index in [-0.39, 0.29) is 23.6 Å². The number of nitrogens with zero attached hydrogens (tertiary/aromatic N) is 2. The standard InChI is InChI=1S/C28H32Cl2FN3O3/c29-23-5-3-19(15-24(23)30)27(35)32-21-7-11-33(12-8-21)22-9-13-34(14-10-22)28(36)20-4-6-26(25(31)16-20)37-17-18-1-2-18/h3-6,15-16,18,21-22H,1-2,7-14,17H2,(H,32,35). The number of carbonyl (C=O) groups is 2. The summed E-state index contributed by atoms with van der Waals surface area (Å²) in [4.78, 5) is 29.8. The SMILES string of the molecule is O=C(NC1CCN(C2CCN(C(=O)c3ccc(OCC4CC4)c(F)c3)CC2)CC1)c1ccc(Cl)c(Cl)c1. The monoisotopic (exact) mass is 547 g/mol. The molecule has 5 rings (SSSR count). The molecule has 0 spiro atoms. The molecule has 9 heteroatoms. The average Bonchev–Trinajstić information content (AvgIpc) is 3.74. The second-order valence-electron chi connectivity index (χ2n) is 10.3. The lowest BCUT2D eigenvalue weighted by atomic mass is 9.97. The van der Waals surface area contributed by atoms with Crippen molar-refractivity contribution in [3.63, 3.8) is 0 Å². The van der Waals surface area contributed by atoms with Gasteiger partial charge in [-0.15, -0.1) is 0 Å². The molecular formula is C28H32Cl2FN3O3. The van der Waals surface area contributed by atoms with Crippen molar-refractivity contribution < 1.29 is 18.7 Å². The molecule has 2 aromatic carbocycles. The van der Waals surface area contributed by atoms with Gasteiger partial charge < -0.3 is 19.9 Å². The zero-order valence-electron chi connectivity index (χ0n) is 20.7. The van der Waals surface area contributed by atoms with E-state index >= 15 is 0 Å². The van der Waals surface area contributed by atoms with Gasteiger partial charge in [0.2, 0.25) is 0 Å². The van der Waals surface area contributed by atoms with Gasteiger partial charge in [0, 0.05) is 49.4 Å². The molecule has 1 N–H and O–H groups in total. The Morgan fingerprint density at radius 2 is 1.59 bits per heavy atom. The van der Waals surface area contributed by atoms with E-state index in [0.29, 0.717) is 52.8 Å². The summed E-state index contributed by atoms with van der Waals surface area (Å²) < 4.78 is 20.0. The van der Waals surface area contributed by atoms with Crippen molar-refractivity contribution in [2.75, 3.05) is 32.8 Å². The first-order valence-electron chi connectivity index (χ1n) is 13.1. The minimum Gasteiger partial charge on any atom is -0.490 e. The summed E-state index contributed by atoms with van der Waals surface area (Å²) in [5.74, 6) is 0.0207. The molecule has 1 saturated carbocycles. The van der Waals surface area contributed by atoms with Gasteiger partial charge in [-0.2, -0.15) is 0 Å². The molecule has 0 radical (unpaired) electrons. The van der Waals surface area contributed by atoms with Gasteiger partial charge in [0.05, 0.1) is 16.7 Å². The molecule has 0 bridgehead atoms. The second-order valence-corrected chi connectivity index (χ2v) is 11.1. The molecule has 6 nitrogen and oxygen atoms in total. The van der Waals surface area contributed by atoms with Crippen LogP contribution in [-0.2, 0) is 0 Å². The predicted octanol–water partition coefficient (Wildman–Crippen LogP) is 5.42. The van der Waals surface area contributed by atoms with Crippen LogP contribution < -0.4 is 10.1 Å². The van der Waals surface area contributed by atoms with Crippen LogP contribution >= 0.6 is 23.2 Å². The topological polar surface area (TPSA) is 61.9 Å². The largest absolute Gasteiger partial charge is 0.490 e. The summed E-state index contributed by atoms with van der Waals surface area (Å²) in [6, 6.07) is 9.96. The predicted molar refractivity (Wildman–Crippen MR) is 142 cm³/mol. The van der Waals surface area contributed by atoms with Crippen LogP contribution in [0.15, 0.2) is 36.4 Å². The number of nitrogens with one attached hydrogen (secondary N) is 1. The Balaban J connectivity index is 1.06. The van der Waals surface area contributed by atoms with Crippen molar-refractivity contribution in [3.05, 3.63) is 63.4 Å². The molecule has 0 unspecified atom stereocenters. The van der Waals surface area contributed by atoms with Crippen molar-refractivity contribution >= 4 is 35.0 Å². The first-order chi connectivity index (χ1) is 17.9. The van der Waals surface area contributed by atoms with E-state index in [1.165, 1.54) is 6.07 Å². The quantitative estimate of drug-likeness (QED) is 0.502. The van der Waals surface area contributed by atoms with Crippen LogP contribution in [0.25, 0.3) is 0 Å². The number of ether oxygens (including phenoxy) is 1. The summed E-state index contributed by atoms with van der Waals surface area (Å²) in [6.45, 7) is 3.65. The number of halogens is 3. The number of likely N-dealkylation sites (tertiary alicyclic amines) is 2. The van der Waals surface area contributed by atoms with Crippen LogP contribution in [-0.4, -0.2) is 66.5 Å². The maximum absolute atomic E-state index is 14.5. The fourth-order valence-electron chi connectivity index (χ4n) is 5.17. The van der Waals surface area contributed by atoms with Gasteiger partial charge in [0.15, 0.2) is 11.6 Å². The van der Waals surface area contributed by atoms with Crippen LogP contribution in [0.5, 0.6) is 5.75 Å². The third-order valence-electron chi connectivity index (χ3n) is 7.66. The van der Waals surface area contributed by atoms with Crippen LogP contribution in [0, 0.1) is 11.7 Å². The van der Waals surface area contributed by atoms with E-state index in [2.05, 4.69) is 10.2 Å². The number of hydrogen-bond donors (Lipinski definition) is 1. The summed E-state index contributed by atoms with van der Waals surface area (Å²) in [6.07, 6.45) is 5.81. The highest BCUT2D eigenvalue weighted by Gasteiger charge is 2.31. The first kappa shape index (κ1) is 26.3. The number of hydrogen-bond acceptors (Lipinski definition) is 4. The van der Waals surface area contributed by atoms with Gasteiger partial charge in [-0.3, -0.25) is 9.59 Å². The molecule has 2 amide bonds. The second kappa shape index (κ2) is 11.6. The Bertz CT molecular complexity index is 1140. The minimum absolute atomic E-state index is 0.117. The lowest BCUT2D eigenvalue weighted by Gasteiger charge is -2.42. The molecule has 2 aliphatic heterocycles. The Labute approximate surface area is 227 Å². The molecule has 1 aliphatic carbocycles. The highest BCUT2D eigenvalue weighted by Crippen LogP contribution is 2.31. The number of benzene rings is 2. The molecule has 3 fully saturated rings. The summed E-state index contributed by atoms with van der Waals surface area (Å²) in [7, 11) is 0. The van der Waals surface area contributed by atoms with Gasteiger partial charge in [0.1, 0.15) is 0 Å². The third-order valence-corrected chi connectivity index (χ3v) is 8.40. The summed E-state index contributed by atoms with van der Waals surface area (Å²) >= 11 is 12.0. The number of piperidine rings is 2. The highest BCUT2D eigenvalue weighted by atomic mass is 35.5. The lowest BCUT2D eigenvalue weighted by molar-refractivity contribution is 0.0566. The Morgan fingerprint density at radius 1 is 0.892 bits per heavy atom. The Kier molecular flexibility index (Phi) is 8.22. The first-order valence-corrected chi connectivity index (χ1v) is 13.8. The lowest BCUT2D eigenvalue weighted by Crippen LogP contribution is -2.51. The number of rotatable bonds is 7. The minimum atomic E-state index is -0.476. The van der Waals surface area contributed by atoms with Crippen LogP contribution in [0.1, 0.15) is 59.2 Å². The van der Waals surface area contributed by atoms with Crippen molar-refractivity contribution in [2.24, 2.45) is 5.92 Å². The van der Waals surface area contributed by atoms with E-state index in [4.69, 9.17) is 27.9 Å². The molecule has 3 aliphatic rings. The fraction of sp³-hybridized carbons (Fsp3) is 0.500. The van der Waals surface area contributed by atoms with Gasteiger partial charge >= 0.3 is 0 Å². The highest BCUT2D eigenvalue weighted by molar-refractivity contribution is 6.42.